The number of hydrogen-bond donors (Lipinski definition) is 0. The van der Waals surface area contributed by atoms with Gasteiger partial charge in [0.1, 0.15) is 6.07 Å². The second-order valence-electron chi connectivity index (χ2n) is 4.42. The maximum atomic E-state index is 11.9. The van der Waals surface area contributed by atoms with Crippen molar-refractivity contribution in [3.63, 3.8) is 0 Å². The van der Waals surface area contributed by atoms with Crippen LogP contribution in [0, 0.1) is 17.2 Å². The second kappa shape index (κ2) is 7.11. The molecule has 0 amide bonds. The molecule has 0 aromatic heterocycles. The van der Waals surface area contributed by atoms with Gasteiger partial charge in [-0.05, 0) is 23.8 Å². The molecule has 0 aliphatic rings. The molecule has 0 N–H and O–H groups in total. The number of rotatable bonds is 5. The zero-order valence-corrected chi connectivity index (χ0v) is 13.4. The summed E-state index contributed by atoms with van der Waals surface area (Å²) in [5, 5.41) is 9.11. The Morgan fingerprint density at radius 1 is 1.30 bits per heavy atom. The van der Waals surface area contributed by atoms with E-state index in [9.17, 15) is 4.79 Å². The van der Waals surface area contributed by atoms with Crippen LogP contribution < -0.4 is 9.47 Å². The first-order valence-electron chi connectivity index (χ1n) is 6.02. The van der Waals surface area contributed by atoms with Crippen molar-refractivity contribution in [2.45, 2.75) is 13.8 Å². The van der Waals surface area contributed by atoms with E-state index in [0.717, 1.165) is 4.47 Å². The summed E-state index contributed by atoms with van der Waals surface area (Å²) in [5.41, 5.74) is 0.807. The SMILES string of the molecule is COc1cc(Br)c(/C=C(\C#N)C(=O)C(C)C)cc1OC. The van der Waals surface area contributed by atoms with Crippen molar-refractivity contribution in [2.24, 2.45) is 5.92 Å². The van der Waals surface area contributed by atoms with Crippen LogP contribution in [0.2, 0.25) is 0 Å². The Balaban J connectivity index is 3.33. The molecule has 1 aromatic carbocycles. The highest BCUT2D eigenvalue weighted by atomic mass is 79.9. The molecule has 0 heterocycles. The van der Waals surface area contributed by atoms with Gasteiger partial charge in [-0.25, -0.2) is 0 Å². The first kappa shape index (κ1) is 16.3. The largest absolute Gasteiger partial charge is 0.493 e. The Morgan fingerprint density at radius 2 is 1.85 bits per heavy atom. The van der Waals surface area contributed by atoms with E-state index in [2.05, 4.69) is 15.9 Å². The lowest BCUT2D eigenvalue weighted by molar-refractivity contribution is -0.117. The predicted octanol–water partition coefficient (Wildman–Crippen LogP) is 3.60. The van der Waals surface area contributed by atoms with E-state index in [1.807, 2.05) is 6.07 Å². The summed E-state index contributed by atoms with van der Waals surface area (Å²) in [4.78, 5) is 11.9. The molecule has 20 heavy (non-hydrogen) atoms. The lowest BCUT2D eigenvalue weighted by Gasteiger charge is -2.10. The van der Waals surface area contributed by atoms with Crippen LogP contribution in [0.1, 0.15) is 19.4 Å². The smallest absolute Gasteiger partial charge is 0.175 e. The molecule has 0 saturated carbocycles. The van der Waals surface area contributed by atoms with E-state index in [-0.39, 0.29) is 17.3 Å². The van der Waals surface area contributed by atoms with E-state index in [4.69, 9.17) is 14.7 Å². The number of Topliss-reactive ketones (excluding diaryl/α,β-unsaturated/α-hetero) is 1. The molecule has 0 radical (unpaired) electrons. The Morgan fingerprint density at radius 3 is 2.30 bits per heavy atom. The maximum absolute atomic E-state index is 11.9. The highest BCUT2D eigenvalue weighted by Gasteiger charge is 2.15. The van der Waals surface area contributed by atoms with E-state index in [1.54, 1.807) is 39.2 Å². The zero-order chi connectivity index (χ0) is 15.3. The van der Waals surface area contributed by atoms with Gasteiger partial charge in [-0.2, -0.15) is 5.26 Å². The third-order valence-corrected chi connectivity index (χ3v) is 3.40. The van der Waals surface area contributed by atoms with Crippen LogP contribution in [-0.2, 0) is 4.79 Å². The second-order valence-corrected chi connectivity index (χ2v) is 5.27. The Labute approximate surface area is 127 Å². The molecule has 4 nitrogen and oxygen atoms in total. The topological polar surface area (TPSA) is 59.3 Å². The first-order chi connectivity index (χ1) is 9.44. The van der Waals surface area contributed by atoms with Gasteiger partial charge < -0.3 is 9.47 Å². The average Bonchev–Trinajstić information content (AvgIpc) is 2.44. The van der Waals surface area contributed by atoms with Crippen molar-refractivity contribution in [2.75, 3.05) is 14.2 Å². The Kier molecular flexibility index (Phi) is 5.78. The fraction of sp³-hybridized carbons (Fsp3) is 0.333. The van der Waals surface area contributed by atoms with Crippen LogP contribution in [0.3, 0.4) is 0 Å². The van der Waals surface area contributed by atoms with Crippen molar-refractivity contribution in [3.8, 4) is 17.6 Å². The minimum atomic E-state index is -0.222. The third-order valence-electron chi connectivity index (χ3n) is 2.71. The molecule has 0 atom stereocenters. The molecule has 1 rings (SSSR count). The maximum Gasteiger partial charge on any atom is 0.175 e. The van der Waals surface area contributed by atoms with Crippen LogP contribution >= 0.6 is 15.9 Å². The summed E-state index contributed by atoms with van der Waals surface area (Å²) < 4.78 is 11.1. The van der Waals surface area contributed by atoms with Gasteiger partial charge in [0.15, 0.2) is 17.3 Å². The van der Waals surface area contributed by atoms with Crippen LogP contribution in [0.25, 0.3) is 6.08 Å². The van der Waals surface area contributed by atoms with Gasteiger partial charge in [0.25, 0.3) is 0 Å². The van der Waals surface area contributed by atoms with Crippen LogP contribution in [-0.4, -0.2) is 20.0 Å². The van der Waals surface area contributed by atoms with Crippen LogP contribution in [0.15, 0.2) is 22.2 Å². The number of benzene rings is 1. The van der Waals surface area contributed by atoms with Gasteiger partial charge in [0.2, 0.25) is 0 Å². The monoisotopic (exact) mass is 337 g/mol. The molecule has 0 spiro atoms. The number of ketones is 1. The summed E-state index contributed by atoms with van der Waals surface area (Å²) in [7, 11) is 3.08. The Hall–Kier alpha value is -1.80. The van der Waals surface area contributed by atoms with Crippen molar-refractivity contribution in [1.29, 1.82) is 5.26 Å². The number of allylic oxidation sites excluding steroid dienone is 1. The minimum Gasteiger partial charge on any atom is -0.493 e. The first-order valence-corrected chi connectivity index (χ1v) is 6.81. The average molecular weight is 338 g/mol. The van der Waals surface area contributed by atoms with E-state index in [0.29, 0.717) is 17.1 Å². The number of carbonyl (C=O) groups is 1. The molecule has 0 saturated heterocycles. The molecule has 5 heteroatoms. The van der Waals surface area contributed by atoms with Gasteiger partial charge in [-0.15, -0.1) is 0 Å². The van der Waals surface area contributed by atoms with Crippen molar-refractivity contribution in [1.82, 2.24) is 0 Å². The highest BCUT2D eigenvalue weighted by Crippen LogP contribution is 2.34. The molecule has 0 bridgehead atoms. The molecule has 0 aliphatic carbocycles. The highest BCUT2D eigenvalue weighted by molar-refractivity contribution is 9.10. The Bertz CT molecular complexity index is 586. The standard InChI is InChI=1S/C15H16BrNO3/c1-9(2)15(18)11(8-17)5-10-6-13(19-3)14(20-4)7-12(10)16/h5-7,9H,1-4H3/b11-5+. The number of halogens is 1. The molecule has 0 unspecified atom stereocenters. The number of methoxy groups -OCH3 is 2. The lowest BCUT2D eigenvalue weighted by atomic mass is 10.00. The van der Waals surface area contributed by atoms with Crippen molar-refractivity contribution in [3.05, 3.63) is 27.7 Å². The fourth-order valence-electron chi connectivity index (χ4n) is 1.61. The molecular weight excluding hydrogens is 322 g/mol. The van der Waals surface area contributed by atoms with Gasteiger partial charge >= 0.3 is 0 Å². The van der Waals surface area contributed by atoms with E-state index in [1.165, 1.54) is 7.11 Å². The summed E-state index contributed by atoms with van der Waals surface area (Å²) in [5.74, 6) is 0.704. The fourth-order valence-corrected chi connectivity index (χ4v) is 2.04. The van der Waals surface area contributed by atoms with Crippen LogP contribution in [0.4, 0.5) is 0 Å². The number of nitriles is 1. The van der Waals surface area contributed by atoms with Gasteiger partial charge in [-0.1, -0.05) is 29.8 Å². The van der Waals surface area contributed by atoms with Gasteiger partial charge in [-0.3, -0.25) is 4.79 Å². The molecular formula is C15H16BrNO3. The molecule has 0 aliphatic heterocycles. The van der Waals surface area contributed by atoms with Gasteiger partial charge in [0.05, 0.1) is 19.8 Å². The molecule has 106 valence electrons. The summed E-state index contributed by atoms with van der Waals surface area (Å²) in [6.07, 6.45) is 1.55. The third kappa shape index (κ3) is 3.61. The quantitative estimate of drug-likeness (QED) is 0.608. The summed E-state index contributed by atoms with van der Waals surface area (Å²) in [6, 6.07) is 5.40. The van der Waals surface area contributed by atoms with Crippen molar-refractivity contribution >= 4 is 27.8 Å². The predicted molar refractivity (Wildman–Crippen MR) is 80.7 cm³/mol. The normalized spacial score (nSPS) is 11.2. The molecule has 1 aromatic rings. The number of carbonyl (C=O) groups excluding carboxylic acids is 1. The summed E-state index contributed by atoms with van der Waals surface area (Å²) in [6.45, 7) is 3.52. The number of nitrogens with zero attached hydrogens (tertiary/aromatic N) is 1. The summed E-state index contributed by atoms with van der Waals surface area (Å²) >= 11 is 3.39. The lowest BCUT2D eigenvalue weighted by Crippen LogP contribution is -2.08. The molecule has 0 fully saturated rings. The zero-order valence-electron chi connectivity index (χ0n) is 11.9. The number of hydrogen-bond acceptors (Lipinski definition) is 4. The van der Waals surface area contributed by atoms with E-state index < -0.39 is 0 Å². The van der Waals surface area contributed by atoms with Gasteiger partial charge in [0, 0.05) is 10.4 Å². The minimum absolute atomic E-state index is 0.118. The number of ether oxygens (including phenoxy) is 2. The van der Waals surface area contributed by atoms with Crippen LogP contribution in [0.5, 0.6) is 11.5 Å². The van der Waals surface area contributed by atoms with E-state index >= 15 is 0 Å². The van der Waals surface area contributed by atoms with Crippen molar-refractivity contribution < 1.29 is 14.3 Å².